The van der Waals surface area contributed by atoms with Gasteiger partial charge in [0, 0.05) is 17.0 Å². The maximum atomic E-state index is 5.91. The van der Waals surface area contributed by atoms with Crippen molar-refractivity contribution in [1.82, 2.24) is 0 Å². The molecule has 2 aromatic carbocycles. The number of nitrogens with two attached hydrogens (primary N) is 1. The molecule has 0 saturated heterocycles. The van der Waals surface area contributed by atoms with Crippen LogP contribution in [0.4, 0.5) is 0 Å². The van der Waals surface area contributed by atoms with Gasteiger partial charge >= 0.3 is 0 Å². The highest BCUT2D eigenvalue weighted by atomic mass is 35.5. The zero-order valence-electron chi connectivity index (χ0n) is 10.8. The van der Waals surface area contributed by atoms with Crippen LogP contribution in [0.2, 0.25) is 5.02 Å². The topological polar surface area (TPSA) is 48.4 Å². The van der Waals surface area contributed by atoms with Crippen LogP contribution in [-0.2, 0) is 13.2 Å². The minimum Gasteiger partial charge on any atom is -0.486 e. The van der Waals surface area contributed by atoms with Crippen LogP contribution in [0, 0.1) is 0 Å². The van der Waals surface area contributed by atoms with Gasteiger partial charge in [0.25, 0.3) is 0 Å². The highest BCUT2D eigenvalue weighted by Gasteiger charge is 2.05. The van der Waals surface area contributed by atoms with E-state index in [1.807, 2.05) is 42.5 Å². The Bertz CT molecular complexity index is 736. The molecule has 0 bridgehead atoms. The fourth-order valence-electron chi connectivity index (χ4n) is 2.06. The van der Waals surface area contributed by atoms with E-state index in [2.05, 4.69) is 0 Å². The van der Waals surface area contributed by atoms with Gasteiger partial charge < -0.3 is 14.9 Å². The van der Waals surface area contributed by atoms with E-state index in [0.717, 1.165) is 28.0 Å². The zero-order valence-corrected chi connectivity index (χ0v) is 11.6. The Balaban J connectivity index is 1.77. The molecule has 1 heterocycles. The molecule has 1 aromatic heterocycles. The van der Waals surface area contributed by atoms with E-state index in [1.54, 1.807) is 6.07 Å². The molecule has 3 rings (SSSR count). The van der Waals surface area contributed by atoms with Gasteiger partial charge in [-0.1, -0.05) is 23.7 Å². The molecule has 0 unspecified atom stereocenters. The molecule has 2 N–H and O–H groups in total. The third-order valence-electron chi connectivity index (χ3n) is 3.04. The van der Waals surface area contributed by atoms with Crippen LogP contribution in [0.15, 0.2) is 52.9 Å². The van der Waals surface area contributed by atoms with Gasteiger partial charge in [0.2, 0.25) is 0 Å². The van der Waals surface area contributed by atoms with Crippen LogP contribution in [0.1, 0.15) is 11.3 Å². The lowest BCUT2D eigenvalue weighted by atomic mass is 10.1. The Labute approximate surface area is 121 Å². The first-order valence-electron chi connectivity index (χ1n) is 6.34. The van der Waals surface area contributed by atoms with Crippen LogP contribution in [0.5, 0.6) is 5.75 Å². The fourth-order valence-corrected chi connectivity index (χ4v) is 2.24. The largest absolute Gasteiger partial charge is 0.486 e. The lowest BCUT2D eigenvalue weighted by Gasteiger charge is -2.03. The predicted molar refractivity (Wildman–Crippen MR) is 79.9 cm³/mol. The quantitative estimate of drug-likeness (QED) is 0.785. The molecule has 102 valence electrons. The summed E-state index contributed by atoms with van der Waals surface area (Å²) in [7, 11) is 0. The number of rotatable bonds is 4. The molecule has 0 spiro atoms. The van der Waals surface area contributed by atoms with Gasteiger partial charge in [-0.05, 0) is 42.0 Å². The van der Waals surface area contributed by atoms with Gasteiger partial charge in [0.15, 0.2) is 0 Å². The maximum Gasteiger partial charge on any atom is 0.146 e. The summed E-state index contributed by atoms with van der Waals surface area (Å²) < 4.78 is 11.4. The number of furan rings is 1. The van der Waals surface area contributed by atoms with Crippen LogP contribution in [-0.4, -0.2) is 0 Å². The first-order chi connectivity index (χ1) is 9.74. The molecule has 0 atom stereocenters. The summed E-state index contributed by atoms with van der Waals surface area (Å²) in [5.74, 6) is 1.50. The summed E-state index contributed by atoms with van der Waals surface area (Å²) in [6.07, 6.45) is 0. The van der Waals surface area contributed by atoms with Crippen molar-refractivity contribution in [2.75, 3.05) is 0 Å². The molecule has 20 heavy (non-hydrogen) atoms. The summed E-state index contributed by atoms with van der Waals surface area (Å²) in [4.78, 5) is 0. The van der Waals surface area contributed by atoms with E-state index in [1.165, 1.54) is 0 Å². The summed E-state index contributed by atoms with van der Waals surface area (Å²) in [6.45, 7) is 0.891. The monoisotopic (exact) mass is 287 g/mol. The van der Waals surface area contributed by atoms with E-state index < -0.39 is 0 Å². The fraction of sp³-hybridized carbons (Fsp3) is 0.125. The Morgan fingerprint density at radius 3 is 2.80 bits per heavy atom. The predicted octanol–water partition coefficient (Wildman–Crippen LogP) is 4.12. The molecule has 0 amide bonds. The summed E-state index contributed by atoms with van der Waals surface area (Å²) in [6, 6.07) is 15.2. The average molecular weight is 288 g/mol. The minimum atomic E-state index is 0.368. The van der Waals surface area contributed by atoms with Crippen molar-refractivity contribution < 1.29 is 9.15 Å². The summed E-state index contributed by atoms with van der Waals surface area (Å²) in [5.41, 5.74) is 7.55. The Kier molecular flexibility index (Phi) is 3.63. The second-order valence-electron chi connectivity index (χ2n) is 4.54. The summed E-state index contributed by atoms with van der Waals surface area (Å²) in [5, 5.41) is 1.69. The number of benzene rings is 2. The van der Waals surface area contributed by atoms with Crippen molar-refractivity contribution in [2.45, 2.75) is 13.2 Å². The first-order valence-corrected chi connectivity index (χ1v) is 6.72. The highest BCUT2D eigenvalue weighted by molar-refractivity contribution is 6.30. The third-order valence-corrected chi connectivity index (χ3v) is 3.28. The van der Waals surface area contributed by atoms with Crippen LogP contribution in [0.25, 0.3) is 11.0 Å². The number of ether oxygens (including phenoxy) is 1. The molecule has 3 aromatic rings. The van der Waals surface area contributed by atoms with E-state index >= 15 is 0 Å². The van der Waals surface area contributed by atoms with Gasteiger partial charge in [-0.2, -0.15) is 0 Å². The Morgan fingerprint density at radius 2 is 2.00 bits per heavy atom. The second-order valence-corrected chi connectivity index (χ2v) is 4.97. The van der Waals surface area contributed by atoms with Crippen LogP contribution in [0.3, 0.4) is 0 Å². The van der Waals surface area contributed by atoms with Crippen molar-refractivity contribution in [3.8, 4) is 5.75 Å². The standard InChI is InChI=1S/C16H14ClNO2/c17-13-2-1-3-14(8-13)19-10-15-7-12-6-11(9-18)4-5-16(12)20-15/h1-8H,9-10,18H2. The first kappa shape index (κ1) is 13.0. The van der Waals surface area contributed by atoms with E-state index in [-0.39, 0.29) is 0 Å². The smallest absolute Gasteiger partial charge is 0.146 e. The van der Waals surface area contributed by atoms with Crippen molar-refractivity contribution in [3.63, 3.8) is 0 Å². The van der Waals surface area contributed by atoms with Crippen molar-refractivity contribution in [1.29, 1.82) is 0 Å². The van der Waals surface area contributed by atoms with Crippen molar-refractivity contribution in [2.24, 2.45) is 5.73 Å². The highest BCUT2D eigenvalue weighted by Crippen LogP contribution is 2.23. The van der Waals surface area contributed by atoms with Crippen LogP contribution < -0.4 is 10.5 Å². The van der Waals surface area contributed by atoms with Gasteiger partial charge in [0.05, 0.1) is 0 Å². The minimum absolute atomic E-state index is 0.368. The van der Waals surface area contributed by atoms with E-state index in [9.17, 15) is 0 Å². The molecule has 0 saturated carbocycles. The normalized spacial score (nSPS) is 10.9. The molecule has 0 aliphatic heterocycles. The number of hydrogen-bond donors (Lipinski definition) is 1. The molecule has 0 radical (unpaired) electrons. The average Bonchev–Trinajstić information content (AvgIpc) is 2.87. The Morgan fingerprint density at radius 1 is 1.10 bits per heavy atom. The van der Waals surface area contributed by atoms with E-state index in [4.69, 9.17) is 26.5 Å². The number of hydrogen-bond acceptors (Lipinski definition) is 3. The molecule has 0 aliphatic rings. The van der Waals surface area contributed by atoms with Gasteiger partial charge in [0.1, 0.15) is 23.7 Å². The third kappa shape index (κ3) is 2.79. The molecule has 3 nitrogen and oxygen atoms in total. The second kappa shape index (κ2) is 5.57. The molecule has 4 heteroatoms. The Hall–Kier alpha value is -1.97. The molecule has 0 fully saturated rings. The van der Waals surface area contributed by atoms with Crippen LogP contribution >= 0.6 is 11.6 Å². The number of fused-ring (bicyclic) bond motifs is 1. The van der Waals surface area contributed by atoms with Gasteiger partial charge in [-0.15, -0.1) is 0 Å². The molecular formula is C16H14ClNO2. The van der Waals surface area contributed by atoms with Crippen molar-refractivity contribution in [3.05, 3.63) is 64.9 Å². The summed E-state index contributed by atoms with van der Waals surface area (Å²) >= 11 is 5.91. The SMILES string of the molecule is NCc1ccc2oc(COc3cccc(Cl)c3)cc2c1. The van der Waals surface area contributed by atoms with Gasteiger partial charge in [-0.3, -0.25) is 0 Å². The van der Waals surface area contributed by atoms with Crippen molar-refractivity contribution >= 4 is 22.6 Å². The molecular weight excluding hydrogens is 274 g/mol. The van der Waals surface area contributed by atoms with E-state index in [0.29, 0.717) is 18.2 Å². The molecule has 0 aliphatic carbocycles. The van der Waals surface area contributed by atoms with Gasteiger partial charge in [-0.25, -0.2) is 0 Å². The number of halogens is 1. The maximum absolute atomic E-state index is 5.91. The zero-order chi connectivity index (χ0) is 13.9. The lowest BCUT2D eigenvalue weighted by Crippen LogP contribution is -1.94. The lowest BCUT2D eigenvalue weighted by molar-refractivity contribution is 0.274.